The molecule has 1 heterocycles. The summed E-state index contributed by atoms with van der Waals surface area (Å²) >= 11 is 0. The summed E-state index contributed by atoms with van der Waals surface area (Å²) in [4.78, 5) is 15.5. The van der Waals surface area contributed by atoms with Crippen LogP contribution in [-0.4, -0.2) is 23.5 Å². The molecule has 1 aromatic heterocycles. The van der Waals surface area contributed by atoms with Crippen molar-refractivity contribution in [2.75, 3.05) is 6.54 Å². The summed E-state index contributed by atoms with van der Waals surface area (Å²) in [6.45, 7) is 0.559. The number of carbonyl (C=O) groups excluding carboxylic acids is 1. The Bertz CT molecular complexity index is 410. The standard InChI is InChI=1S/C12H16FN3O/c13-10-7-15-5-4-9(10)12(17)16-11-3-1-2-8(11)6-14/h4-5,7-8,11H,1-3,6,14H2,(H,16,17). The van der Waals surface area contributed by atoms with Crippen LogP contribution in [0.25, 0.3) is 0 Å². The Morgan fingerprint density at radius 2 is 2.41 bits per heavy atom. The van der Waals surface area contributed by atoms with Crippen LogP contribution in [0.2, 0.25) is 0 Å². The zero-order valence-corrected chi connectivity index (χ0v) is 9.53. The Balaban J connectivity index is 2.04. The fraction of sp³-hybridized carbons (Fsp3) is 0.500. The van der Waals surface area contributed by atoms with Crippen molar-refractivity contribution in [3.8, 4) is 0 Å². The molecule has 1 aliphatic rings. The number of pyridine rings is 1. The Labute approximate surface area is 99.4 Å². The van der Waals surface area contributed by atoms with E-state index in [0.29, 0.717) is 12.5 Å². The lowest BCUT2D eigenvalue weighted by molar-refractivity contribution is 0.0924. The third kappa shape index (κ3) is 2.61. The minimum absolute atomic E-state index is 0.0441. The first-order chi connectivity index (χ1) is 8.22. The van der Waals surface area contributed by atoms with Crippen LogP contribution in [0, 0.1) is 11.7 Å². The molecule has 0 aromatic carbocycles. The summed E-state index contributed by atoms with van der Waals surface area (Å²) in [6, 6.07) is 1.46. The largest absolute Gasteiger partial charge is 0.349 e. The van der Waals surface area contributed by atoms with Crippen LogP contribution in [0.1, 0.15) is 29.6 Å². The van der Waals surface area contributed by atoms with Crippen molar-refractivity contribution >= 4 is 5.91 Å². The summed E-state index contributed by atoms with van der Waals surface area (Å²) in [6.07, 6.45) is 5.46. The van der Waals surface area contributed by atoms with Gasteiger partial charge in [0.2, 0.25) is 0 Å². The van der Waals surface area contributed by atoms with Gasteiger partial charge in [-0.1, -0.05) is 6.42 Å². The van der Waals surface area contributed by atoms with Crippen molar-refractivity contribution in [2.45, 2.75) is 25.3 Å². The lowest BCUT2D eigenvalue weighted by Gasteiger charge is -2.19. The fourth-order valence-electron chi connectivity index (χ4n) is 2.31. The summed E-state index contributed by atoms with van der Waals surface area (Å²) in [7, 11) is 0. The molecule has 2 rings (SSSR count). The SMILES string of the molecule is NCC1CCCC1NC(=O)c1ccncc1F. The predicted molar refractivity (Wildman–Crippen MR) is 61.8 cm³/mol. The summed E-state index contributed by atoms with van der Waals surface area (Å²) < 4.78 is 13.3. The summed E-state index contributed by atoms with van der Waals surface area (Å²) in [5.74, 6) is -0.661. The van der Waals surface area contributed by atoms with E-state index < -0.39 is 5.82 Å². The van der Waals surface area contributed by atoms with Gasteiger partial charge in [-0.05, 0) is 31.4 Å². The molecule has 17 heavy (non-hydrogen) atoms. The van der Waals surface area contributed by atoms with Gasteiger partial charge < -0.3 is 11.1 Å². The smallest absolute Gasteiger partial charge is 0.254 e. The molecular weight excluding hydrogens is 221 g/mol. The van der Waals surface area contributed by atoms with Gasteiger partial charge in [0.05, 0.1) is 11.8 Å². The van der Waals surface area contributed by atoms with Gasteiger partial charge in [0.15, 0.2) is 5.82 Å². The number of nitrogens with zero attached hydrogens (tertiary/aromatic N) is 1. The van der Waals surface area contributed by atoms with Gasteiger partial charge in [-0.25, -0.2) is 4.39 Å². The maximum atomic E-state index is 13.3. The number of aromatic nitrogens is 1. The fourth-order valence-corrected chi connectivity index (χ4v) is 2.31. The topological polar surface area (TPSA) is 68.0 Å². The highest BCUT2D eigenvalue weighted by atomic mass is 19.1. The Kier molecular flexibility index (Phi) is 3.68. The first kappa shape index (κ1) is 12.0. The number of nitrogens with one attached hydrogen (secondary N) is 1. The molecule has 0 aliphatic heterocycles. The van der Waals surface area contributed by atoms with Gasteiger partial charge in [0, 0.05) is 12.2 Å². The molecular formula is C12H16FN3O. The third-order valence-electron chi connectivity index (χ3n) is 3.30. The Morgan fingerprint density at radius 3 is 3.12 bits per heavy atom. The molecule has 2 atom stereocenters. The number of hydrogen-bond donors (Lipinski definition) is 2. The molecule has 5 heteroatoms. The second-order valence-electron chi connectivity index (χ2n) is 4.36. The first-order valence-electron chi connectivity index (χ1n) is 5.83. The molecule has 1 aliphatic carbocycles. The number of hydrogen-bond acceptors (Lipinski definition) is 3. The Morgan fingerprint density at radius 1 is 1.59 bits per heavy atom. The molecule has 3 N–H and O–H groups in total. The number of carbonyl (C=O) groups is 1. The van der Waals surface area contributed by atoms with Crippen LogP contribution < -0.4 is 11.1 Å². The highest BCUT2D eigenvalue weighted by Crippen LogP contribution is 2.24. The van der Waals surface area contributed by atoms with Crippen molar-refractivity contribution in [2.24, 2.45) is 11.7 Å². The number of amides is 1. The quantitative estimate of drug-likeness (QED) is 0.826. The van der Waals surface area contributed by atoms with E-state index in [2.05, 4.69) is 10.3 Å². The molecule has 0 spiro atoms. The van der Waals surface area contributed by atoms with E-state index in [4.69, 9.17) is 5.73 Å². The second kappa shape index (κ2) is 5.23. The van der Waals surface area contributed by atoms with E-state index in [0.717, 1.165) is 25.5 Å². The Hall–Kier alpha value is -1.49. The first-order valence-corrected chi connectivity index (χ1v) is 5.83. The van der Waals surface area contributed by atoms with E-state index in [1.165, 1.54) is 12.3 Å². The second-order valence-corrected chi connectivity index (χ2v) is 4.36. The van der Waals surface area contributed by atoms with Gasteiger partial charge in [0.1, 0.15) is 0 Å². The molecule has 4 nitrogen and oxygen atoms in total. The van der Waals surface area contributed by atoms with Crippen LogP contribution >= 0.6 is 0 Å². The van der Waals surface area contributed by atoms with Crippen LogP contribution in [0.4, 0.5) is 4.39 Å². The minimum atomic E-state index is -0.590. The highest BCUT2D eigenvalue weighted by Gasteiger charge is 2.28. The normalized spacial score (nSPS) is 23.6. The average Bonchev–Trinajstić information content (AvgIpc) is 2.76. The average molecular weight is 237 g/mol. The maximum absolute atomic E-state index is 13.3. The van der Waals surface area contributed by atoms with E-state index in [1.807, 2.05) is 0 Å². The lowest BCUT2D eigenvalue weighted by atomic mass is 10.0. The van der Waals surface area contributed by atoms with Crippen LogP contribution in [0.5, 0.6) is 0 Å². The van der Waals surface area contributed by atoms with Crippen LogP contribution in [0.15, 0.2) is 18.5 Å². The summed E-state index contributed by atoms with van der Waals surface area (Å²) in [5.41, 5.74) is 5.68. The number of halogens is 1. The van der Waals surface area contributed by atoms with Gasteiger partial charge in [-0.2, -0.15) is 0 Å². The molecule has 1 fully saturated rings. The number of rotatable bonds is 3. The van der Waals surface area contributed by atoms with Gasteiger partial charge in [-0.15, -0.1) is 0 Å². The lowest BCUT2D eigenvalue weighted by Crippen LogP contribution is -2.40. The van der Waals surface area contributed by atoms with Crippen molar-refractivity contribution < 1.29 is 9.18 Å². The van der Waals surface area contributed by atoms with E-state index in [-0.39, 0.29) is 17.5 Å². The molecule has 0 radical (unpaired) electrons. The summed E-state index contributed by atoms with van der Waals surface area (Å²) in [5, 5.41) is 2.85. The highest BCUT2D eigenvalue weighted by molar-refractivity contribution is 5.94. The van der Waals surface area contributed by atoms with Crippen molar-refractivity contribution in [1.82, 2.24) is 10.3 Å². The van der Waals surface area contributed by atoms with E-state index >= 15 is 0 Å². The maximum Gasteiger partial charge on any atom is 0.254 e. The van der Waals surface area contributed by atoms with E-state index in [1.54, 1.807) is 0 Å². The predicted octanol–water partition coefficient (Wildman–Crippen LogP) is 1.08. The van der Waals surface area contributed by atoms with Crippen LogP contribution in [0.3, 0.4) is 0 Å². The third-order valence-corrected chi connectivity index (χ3v) is 3.30. The monoisotopic (exact) mass is 237 g/mol. The van der Waals surface area contributed by atoms with E-state index in [9.17, 15) is 9.18 Å². The zero-order valence-electron chi connectivity index (χ0n) is 9.53. The molecule has 1 saturated carbocycles. The van der Waals surface area contributed by atoms with Gasteiger partial charge >= 0.3 is 0 Å². The van der Waals surface area contributed by atoms with Gasteiger partial charge in [-0.3, -0.25) is 9.78 Å². The minimum Gasteiger partial charge on any atom is -0.349 e. The van der Waals surface area contributed by atoms with Gasteiger partial charge in [0.25, 0.3) is 5.91 Å². The zero-order chi connectivity index (χ0) is 12.3. The van der Waals surface area contributed by atoms with Crippen molar-refractivity contribution in [1.29, 1.82) is 0 Å². The molecule has 1 aromatic rings. The van der Waals surface area contributed by atoms with Crippen molar-refractivity contribution in [3.63, 3.8) is 0 Å². The molecule has 0 saturated heterocycles. The number of nitrogens with two attached hydrogens (primary N) is 1. The molecule has 92 valence electrons. The molecule has 2 unspecified atom stereocenters. The molecule has 1 amide bonds. The van der Waals surface area contributed by atoms with Crippen molar-refractivity contribution in [3.05, 3.63) is 29.8 Å². The molecule has 0 bridgehead atoms. The van der Waals surface area contributed by atoms with Crippen LogP contribution in [-0.2, 0) is 0 Å².